The summed E-state index contributed by atoms with van der Waals surface area (Å²) in [4.78, 5) is 2.40. The van der Waals surface area contributed by atoms with E-state index in [0.717, 1.165) is 12.0 Å². The van der Waals surface area contributed by atoms with Crippen molar-refractivity contribution >= 4 is 0 Å². The van der Waals surface area contributed by atoms with Crippen molar-refractivity contribution in [2.75, 3.05) is 14.1 Å². The molecule has 0 saturated heterocycles. The van der Waals surface area contributed by atoms with Crippen LogP contribution in [0.2, 0.25) is 0 Å². The Morgan fingerprint density at radius 1 is 1.50 bits per heavy atom. The molecule has 72 valence electrons. The molecule has 0 aromatic carbocycles. The third-order valence-corrected chi connectivity index (χ3v) is 4.01. The fraction of sp³-hybridized carbons (Fsp3) is 1.00. The van der Waals surface area contributed by atoms with Gasteiger partial charge < -0.3 is 4.90 Å². The zero-order valence-corrected chi connectivity index (χ0v) is 9.22. The van der Waals surface area contributed by atoms with Gasteiger partial charge in [-0.1, -0.05) is 20.8 Å². The van der Waals surface area contributed by atoms with Gasteiger partial charge in [0, 0.05) is 6.04 Å². The van der Waals surface area contributed by atoms with E-state index in [1.54, 1.807) is 0 Å². The zero-order valence-electron chi connectivity index (χ0n) is 9.22. The van der Waals surface area contributed by atoms with E-state index in [1.807, 2.05) is 0 Å². The van der Waals surface area contributed by atoms with Crippen molar-refractivity contribution in [1.29, 1.82) is 0 Å². The van der Waals surface area contributed by atoms with E-state index in [2.05, 4.69) is 39.8 Å². The summed E-state index contributed by atoms with van der Waals surface area (Å²) in [5, 5.41) is 0. The second kappa shape index (κ2) is 3.37. The minimum absolute atomic E-state index is 0.595. The predicted octanol–water partition coefficient (Wildman–Crippen LogP) is 2.76. The number of nitrogens with zero attached hydrogens (tertiary/aromatic N) is 1. The molecule has 12 heavy (non-hydrogen) atoms. The van der Waals surface area contributed by atoms with Gasteiger partial charge in [0.25, 0.3) is 0 Å². The quantitative estimate of drug-likeness (QED) is 0.628. The molecular formula is C11H23N. The Bertz CT molecular complexity index is 153. The minimum Gasteiger partial charge on any atom is -0.306 e. The zero-order chi connectivity index (χ0) is 9.35. The SMILES string of the molecule is CCC(N(C)C)C1(C)CCC1C. The number of hydrogen-bond donors (Lipinski definition) is 0. The lowest BCUT2D eigenvalue weighted by Crippen LogP contribution is -2.51. The largest absolute Gasteiger partial charge is 0.306 e. The highest BCUT2D eigenvalue weighted by Gasteiger charge is 2.45. The summed E-state index contributed by atoms with van der Waals surface area (Å²) >= 11 is 0. The van der Waals surface area contributed by atoms with Crippen LogP contribution in [0.3, 0.4) is 0 Å². The molecule has 0 N–H and O–H groups in total. The molecule has 0 spiro atoms. The Balaban J connectivity index is 2.64. The van der Waals surface area contributed by atoms with Crippen LogP contribution in [-0.2, 0) is 0 Å². The molecule has 0 aliphatic heterocycles. The van der Waals surface area contributed by atoms with E-state index in [0.29, 0.717) is 5.41 Å². The fourth-order valence-electron chi connectivity index (χ4n) is 2.80. The lowest BCUT2D eigenvalue weighted by molar-refractivity contribution is -0.0225. The maximum atomic E-state index is 2.45. The van der Waals surface area contributed by atoms with Gasteiger partial charge in [0.05, 0.1) is 0 Å². The summed E-state index contributed by atoms with van der Waals surface area (Å²) < 4.78 is 0. The number of rotatable bonds is 3. The van der Waals surface area contributed by atoms with Crippen molar-refractivity contribution in [3.05, 3.63) is 0 Å². The summed E-state index contributed by atoms with van der Waals surface area (Å²) in [6, 6.07) is 0.779. The molecular weight excluding hydrogens is 146 g/mol. The van der Waals surface area contributed by atoms with Crippen molar-refractivity contribution in [2.24, 2.45) is 11.3 Å². The third kappa shape index (κ3) is 1.39. The molecule has 0 radical (unpaired) electrons. The van der Waals surface area contributed by atoms with Crippen molar-refractivity contribution in [1.82, 2.24) is 4.90 Å². The molecule has 1 fully saturated rings. The Morgan fingerprint density at radius 3 is 2.17 bits per heavy atom. The molecule has 1 saturated carbocycles. The summed E-state index contributed by atoms with van der Waals surface area (Å²) in [6.45, 7) is 7.16. The van der Waals surface area contributed by atoms with Gasteiger partial charge in [-0.05, 0) is 44.7 Å². The van der Waals surface area contributed by atoms with Crippen LogP contribution in [0.4, 0.5) is 0 Å². The Hall–Kier alpha value is -0.0400. The van der Waals surface area contributed by atoms with Crippen LogP contribution < -0.4 is 0 Å². The minimum atomic E-state index is 0.595. The smallest absolute Gasteiger partial charge is 0.0143 e. The van der Waals surface area contributed by atoms with E-state index in [9.17, 15) is 0 Å². The Morgan fingerprint density at radius 2 is 2.08 bits per heavy atom. The van der Waals surface area contributed by atoms with Gasteiger partial charge in [0.1, 0.15) is 0 Å². The van der Waals surface area contributed by atoms with Crippen LogP contribution in [-0.4, -0.2) is 25.0 Å². The summed E-state index contributed by atoms with van der Waals surface area (Å²) in [6.07, 6.45) is 4.14. The van der Waals surface area contributed by atoms with Gasteiger partial charge >= 0.3 is 0 Å². The van der Waals surface area contributed by atoms with Crippen LogP contribution in [0.25, 0.3) is 0 Å². The van der Waals surface area contributed by atoms with Gasteiger partial charge in [-0.25, -0.2) is 0 Å². The van der Waals surface area contributed by atoms with Gasteiger partial charge in [0.2, 0.25) is 0 Å². The monoisotopic (exact) mass is 169 g/mol. The molecule has 0 amide bonds. The van der Waals surface area contributed by atoms with Crippen LogP contribution in [0.5, 0.6) is 0 Å². The lowest BCUT2D eigenvalue weighted by Gasteiger charge is -2.53. The molecule has 1 rings (SSSR count). The second-order valence-electron chi connectivity index (χ2n) is 4.83. The van der Waals surface area contributed by atoms with Gasteiger partial charge in [-0.3, -0.25) is 0 Å². The second-order valence-corrected chi connectivity index (χ2v) is 4.83. The summed E-state index contributed by atoms with van der Waals surface area (Å²) in [5.74, 6) is 0.921. The highest BCUT2D eigenvalue weighted by molar-refractivity contribution is 4.97. The topological polar surface area (TPSA) is 3.24 Å². The maximum Gasteiger partial charge on any atom is 0.0143 e. The Labute approximate surface area is 77.1 Å². The first-order chi connectivity index (χ1) is 5.52. The first-order valence-corrected chi connectivity index (χ1v) is 5.18. The van der Waals surface area contributed by atoms with Crippen LogP contribution in [0, 0.1) is 11.3 Å². The van der Waals surface area contributed by atoms with E-state index in [1.165, 1.54) is 19.3 Å². The molecule has 1 aliphatic carbocycles. The lowest BCUT2D eigenvalue weighted by atomic mass is 9.57. The van der Waals surface area contributed by atoms with E-state index in [-0.39, 0.29) is 0 Å². The fourth-order valence-corrected chi connectivity index (χ4v) is 2.80. The van der Waals surface area contributed by atoms with Crippen molar-refractivity contribution in [3.8, 4) is 0 Å². The first-order valence-electron chi connectivity index (χ1n) is 5.18. The Kier molecular flexibility index (Phi) is 2.82. The van der Waals surface area contributed by atoms with Crippen molar-refractivity contribution in [2.45, 2.75) is 46.1 Å². The highest BCUT2D eigenvalue weighted by atomic mass is 15.1. The molecule has 0 heterocycles. The summed E-state index contributed by atoms with van der Waals surface area (Å²) in [7, 11) is 4.43. The first kappa shape index (κ1) is 10.0. The molecule has 0 aromatic rings. The van der Waals surface area contributed by atoms with Gasteiger partial charge in [0.15, 0.2) is 0 Å². The summed E-state index contributed by atoms with van der Waals surface area (Å²) in [5.41, 5.74) is 0.595. The third-order valence-electron chi connectivity index (χ3n) is 4.01. The number of hydrogen-bond acceptors (Lipinski definition) is 1. The van der Waals surface area contributed by atoms with E-state index in [4.69, 9.17) is 0 Å². The molecule has 3 atom stereocenters. The van der Waals surface area contributed by atoms with Gasteiger partial charge in [-0.2, -0.15) is 0 Å². The molecule has 1 nitrogen and oxygen atoms in total. The van der Waals surface area contributed by atoms with Gasteiger partial charge in [-0.15, -0.1) is 0 Å². The van der Waals surface area contributed by atoms with Crippen molar-refractivity contribution in [3.63, 3.8) is 0 Å². The maximum absolute atomic E-state index is 2.45. The van der Waals surface area contributed by atoms with Crippen molar-refractivity contribution < 1.29 is 0 Å². The average molecular weight is 169 g/mol. The normalized spacial score (nSPS) is 38.0. The average Bonchev–Trinajstić information content (AvgIpc) is 2.02. The molecule has 0 bridgehead atoms. The van der Waals surface area contributed by atoms with E-state index >= 15 is 0 Å². The molecule has 0 aromatic heterocycles. The molecule has 3 unspecified atom stereocenters. The molecule has 1 aliphatic rings. The standard InChI is InChI=1S/C11H23N/c1-6-10(12(4)5)11(3)8-7-9(11)2/h9-10H,6-8H2,1-5H3. The predicted molar refractivity (Wildman–Crippen MR) is 54.3 cm³/mol. The van der Waals surface area contributed by atoms with Crippen LogP contribution in [0.15, 0.2) is 0 Å². The van der Waals surface area contributed by atoms with Crippen LogP contribution in [0.1, 0.15) is 40.0 Å². The van der Waals surface area contributed by atoms with E-state index < -0.39 is 0 Å². The van der Waals surface area contributed by atoms with Crippen LogP contribution >= 0.6 is 0 Å². The highest BCUT2D eigenvalue weighted by Crippen LogP contribution is 2.50. The molecule has 1 heteroatoms.